The van der Waals surface area contributed by atoms with E-state index in [-0.39, 0.29) is 6.61 Å². The highest BCUT2D eigenvalue weighted by Gasteiger charge is 2.55. The standard InChI is InChI=1S/C11H21NO5S/c1-3-4-5-9(10(13)14)12-18(15,16)11(6-7-11)8-17-2/h9,12H,3-8H2,1-2H3,(H,13,14). The number of sulfonamides is 1. The normalized spacial score (nSPS) is 19.4. The Kier molecular flexibility index (Phi) is 5.12. The van der Waals surface area contributed by atoms with Crippen molar-refractivity contribution in [2.24, 2.45) is 0 Å². The molecule has 0 amide bonds. The topological polar surface area (TPSA) is 92.7 Å². The SMILES string of the molecule is CCCCC(NS(=O)(=O)C1(COC)CC1)C(=O)O. The molecule has 0 aromatic carbocycles. The smallest absolute Gasteiger partial charge is 0.321 e. The molecule has 0 aromatic rings. The maximum Gasteiger partial charge on any atom is 0.321 e. The van der Waals surface area contributed by atoms with Crippen molar-refractivity contribution in [3.63, 3.8) is 0 Å². The second-order valence-electron chi connectivity index (χ2n) is 4.77. The molecule has 1 atom stereocenters. The molecule has 6 nitrogen and oxygen atoms in total. The first kappa shape index (κ1) is 15.4. The average Bonchev–Trinajstić information content (AvgIpc) is 3.05. The molecule has 18 heavy (non-hydrogen) atoms. The van der Waals surface area contributed by atoms with Crippen molar-refractivity contribution in [2.75, 3.05) is 13.7 Å². The number of carboxylic acids is 1. The fraction of sp³-hybridized carbons (Fsp3) is 0.909. The highest BCUT2D eigenvalue weighted by atomic mass is 32.2. The van der Waals surface area contributed by atoms with E-state index in [0.717, 1.165) is 6.42 Å². The van der Waals surface area contributed by atoms with Crippen LogP contribution in [0.5, 0.6) is 0 Å². The second-order valence-corrected chi connectivity index (χ2v) is 6.88. The zero-order valence-corrected chi connectivity index (χ0v) is 11.6. The quantitative estimate of drug-likeness (QED) is 0.649. The van der Waals surface area contributed by atoms with E-state index in [1.54, 1.807) is 0 Å². The van der Waals surface area contributed by atoms with Gasteiger partial charge in [-0.3, -0.25) is 4.79 Å². The first-order chi connectivity index (χ1) is 8.38. The van der Waals surface area contributed by atoms with E-state index in [1.165, 1.54) is 7.11 Å². The molecule has 0 spiro atoms. The number of carbonyl (C=O) groups is 1. The molecule has 1 aliphatic rings. The van der Waals surface area contributed by atoms with Gasteiger partial charge in [0, 0.05) is 7.11 Å². The van der Waals surface area contributed by atoms with Crippen LogP contribution in [0.4, 0.5) is 0 Å². The van der Waals surface area contributed by atoms with Gasteiger partial charge in [-0.25, -0.2) is 13.1 Å². The van der Waals surface area contributed by atoms with E-state index >= 15 is 0 Å². The van der Waals surface area contributed by atoms with Gasteiger partial charge in [0.1, 0.15) is 10.8 Å². The maximum absolute atomic E-state index is 12.1. The fourth-order valence-electron chi connectivity index (χ4n) is 1.85. The molecule has 106 valence electrons. The minimum absolute atomic E-state index is 0.114. The lowest BCUT2D eigenvalue weighted by Crippen LogP contribution is -2.47. The molecule has 2 N–H and O–H groups in total. The van der Waals surface area contributed by atoms with Crippen LogP contribution in [0.2, 0.25) is 0 Å². The summed E-state index contributed by atoms with van der Waals surface area (Å²) < 4.78 is 30.6. The Morgan fingerprint density at radius 1 is 1.50 bits per heavy atom. The Balaban J connectivity index is 2.71. The van der Waals surface area contributed by atoms with Gasteiger partial charge in [-0.15, -0.1) is 0 Å². The van der Waals surface area contributed by atoms with Crippen LogP contribution in [0.1, 0.15) is 39.0 Å². The minimum atomic E-state index is -3.64. The van der Waals surface area contributed by atoms with Crippen LogP contribution in [0.15, 0.2) is 0 Å². The summed E-state index contributed by atoms with van der Waals surface area (Å²) in [6.07, 6.45) is 2.87. The number of nitrogens with one attached hydrogen (secondary N) is 1. The first-order valence-electron chi connectivity index (χ1n) is 6.12. The van der Waals surface area contributed by atoms with E-state index in [2.05, 4.69) is 4.72 Å². The van der Waals surface area contributed by atoms with Gasteiger partial charge in [-0.2, -0.15) is 0 Å². The molecule has 1 saturated carbocycles. The molecule has 1 rings (SSSR count). The molecule has 0 aromatic heterocycles. The molecule has 0 aliphatic heterocycles. The Bertz CT molecular complexity index is 388. The second kappa shape index (κ2) is 5.99. The number of rotatable bonds is 9. The van der Waals surface area contributed by atoms with Crippen molar-refractivity contribution in [1.29, 1.82) is 0 Å². The monoisotopic (exact) mass is 279 g/mol. The minimum Gasteiger partial charge on any atom is -0.480 e. The van der Waals surface area contributed by atoms with Crippen molar-refractivity contribution >= 4 is 16.0 Å². The molecule has 0 radical (unpaired) electrons. The molecule has 1 unspecified atom stereocenters. The molecule has 0 heterocycles. The highest BCUT2D eigenvalue weighted by Crippen LogP contribution is 2.43. The first-order valence-corrected chi connectivity index (χ1v) is 7.60. The Hall–Kier alpha value is -0.660. The van der Waals surface area contributed by atoms with E-state index < -0.39 is 26.8 Å². The summed E-state index contributed by atoms with van der Waals surface area (Å²) in [4.78, 5) is 11.0. The van der Waals surface area contributed by atoms with Gasteiger partial charge in [0.2, 0.25) is 10.0 Å². The Morgan fingerprint density at radius 2 is 2.11 bits per heavy atom. The largest absolute Gasteiger partial charge is 0.480 e. The summed E-state index contributed by atoms with van der Waals surface area (Å²) in [5.41, 5.74) is 0. The van der Waals surface area contributed by atoms with Crippen LogP contribution < -0.4 is 4.72 Å². The van der Waals surface area contributed by atoms with Crippen LogP contribution in [0, 0.1) is 0 Å². The third kappa shape index (κ3) is 3.43. The number of hydrogen-bond acceptors (Lipinski definition) is 4. The van der Waals surface area contributed by atoms with E-state index in [1.807, 2.05) is 6.92 Å². The van der Waals surface area contributed by atoms with Gasteiger partial charge >= 0.3 is 5.97 Å². The number of methoxy groups -OCH3 is 1. The van der Waals surface area contributed by atoms with Crippen molar-refractivity contribution in [3.8, 4) is 0 Å². The summed E-state index contributed by atoms with van der Waals surface area (Å²) in [6, 6.07) is -1.04. The van der Waals surface area contributed by atoms with E-state index in [4.69, 9.17) is 9.84 Å². The highest BCUT2D eigenvalue weighted by molar-refractivity contribution is 7.91. The Labute approximate surface area is 108 Å². The van der Waals surface area contributed by atoms with E-state index in [0.29, 0.717) is 25.7 Å². The van der Waals surface area contributed by atoms with Gasteiger partial charge in [-0.1, -0.05) is 19.8 Å². The summed E-state index contributed by atoms with van der Waals surface area (Å²) in [6.45, 7) is 2.04. The summed E-state index contributed by atoms with van der Waals surface area (Å²) in [5, 5.41) is 9.02. The number of aliphatic carboxylic acids is 1. The average molecular weight is 279 g/mol. The maximum atomic E-state index is 12.1. The van der Waals surface area contributed by atoms with Crippen LogP contribution in [0.25, 0.3) is 0 Å². The van der Waals surface area contributed by atoms with Gasteiger partial charge in [0.25, 0.3) is 0 Å². The molecular weight excluding hydrogens is 258 g/mol. The molecular formula is C11H21NO5S. The predicted molar refractivity (Wildman–Crippen MR) is 66.8 cm³/mol. The van der Waals surface area contributed by atoms with Crippen LogP contribution in [0.3, 0.4) is 0 Å². The van der Waals surface area contributed by atoms with Crippen molar-refractivity contribution in [1.82, 2.24) is 4.72 Å². The van der Waals surface area contributed by atoms with Gasteiger partial charge in [0.15, 0.2) is 0 Å². The number of ether oxygens (including phenoxy) is 1. The molecule has 0 saturated heterocycles. The fourth-order valence-corrected chi connectivity index (χ4v) is 3.60. The molecule has 1 fully saturated rings. The van der Waals surface area contributed by atoms with Gasteiger partial charge in [-0.05, 0) is 19.3 Å². The van der Waals surface area contributed by atoms with Gasteiger partial charge in [0.05, 0.1) is 6.61 Å². The van der Waals surface area contributed by atoms with Gasteiger partial charge < -0.3 is 9.84 Å². The van der Waals surface area contributed by atoms with Crippen LogP contribution in [-0.2, 0) is 19.6 Å². The summed E-state index contributed by atoms with van der Waals surface area (Å²) in [7, 11) is -2.20. The number of carboxylic acid groups (broad SMARTS) is 1. The lowest BCUT2D eigenvalue weighted by molar-refractivity contribution is -0.139. The summed E-state index contributed by atoms with van der Waals surface area (Å²) >= 11 is 0. The number of hydrogen-bond donors (Lipinski definition) is 2. The zero-order valence-electron chi connectivity index (χ0n) is 10.8. The van der Waals surface area contributed by atoms with Crippen LogP contribution >= 0.6 is 0 Å². The predicted octanol–water partition coefficient (Wildman–Crippen LogP) is 0.728. The Morgan fingerprint density at radius 3 is 2.50 bits per heavy atom. The molecule has 1 aliphatic carbocycles. The molecule has 7 heteroatoms. The third-order valence-corrected chi connectivity index (χ3v) is 5.49. The lowest BCUT2D eigenvalue weighted by atomic mass is 10.1. The third-order valence-electron chi connectivity index (χ3n) is 3.23. The zero-order chi connectivity index (χ0) is 13.8. The molecule has 0 bridgehead atoms. The van der Waals surface area contributed by atoms with Crippen molar-refractivity contribution in [3.05, 3.63) is 0 Å². The lowest BCUT2D eigenvalue weighted by Gasteiger charge is -2.20. The van der Waals surface area contributed by atoms with Crippen molar-refractivity contribution in [2.45, 2.75) is 49.8 Å². The summed E-state index contributed by atoms with van der Waals surface area (Å²) in [5.74, 6) is -1.12. The van der Waals surface area contributed by atoms with Crippen LogP contribution in [-0.4, -0.2) is 44.0 Å². The van der Waals surface area contributed by atoms with Crippen molar-refractivity contribution < 1.29 is 23.1 Å². The van der Waals surface area contributed by atoms with E-state index in [9.17, 15) is 13.2 Å². The number of unbranched alkanes of at least 4 members (excludes halogenated alkanes) is 1.